The average molecular weight is 226 g/mol. The largest absolute Gasteiger partial charge is 0.508 e. The lowest BCUT2D eigenvalue weighted by atomic mass is 9.97. The minimum atomic E-state index is 0.0744. The molecule has 0 aliphatic rings. The van der Waals surface area contributed by atoms with E-state index in [4.69, 9.17) is 0 Å². The van der Waals surface area contributed by atoms with E-state index in [1.54, 1.807) is 19.1 Å². The van der Waals surface area contributed by atoms with Crippen molar-refractivity contribution in [1.29, 1.82) is 0 Å². The fraction of sp³-hybridized carbons (Fsp3) is 0.133. The predicted molar refractivity (Wildman–Crippen MR) is 68.3 cm³/mol. The minimum absolute atomic E-state index is 0.0744. The summed E-state index contributed by atoms with van der Waals surface area (Å²) in [6.45, 7) is 3.55. The zero-order valence-corrected chi connectivity index (χ0v) is 9.90. The van der Waals surface area contributed by atoms with E-state index in [1.165, 1.54) is 0 Å². The summed E-state index contributed by atoms with van der Waals surface area (Å²) in [4.78, 5) is 11.3. The number of aryl methyl sites for hydroxylation is 1. The van der Waals surface area contributed by atoms with E-state index in [0.29, 0.717) is 0 Å². The fourth-order valence-electron chi connectivity index (χ4n) is 1.85. The highest BCUT2D eigenvalue weighted by Crippen LogP contribution is 2.25. The van der Waals surface area contributed by atoms with Gasteiger partial charge in [0.05, 0.1) is 0 Å². The van der Waals surface area contributed by atoms with Crippen LogP contribution in [0.25, 0.3) is 11.1 Å². The van der Waals surface area contributed by atoms with Crippen molar-refractivity contribution in [2.45, 2.75) is 13.8 Å². The lowest BCUT2D eigenvalue weighted by Gasteiger charge is -2.07. The molecule has 0 saturated carbocycles. The van der Waals surface area contributed by atoms with Crippen LogP contribution in [0.5, 0.6) is 5.75 Å². The van der Waals surface area contributed by atoms with Crippen LogP contribution in [0.3, 0.4) is 0 Å². The molecule has 2 heteroatoms. The maximum atomic E-state index is 11.3. The SMILES string of the molecule is CC(=O)c1ccc(-c2ccc(O)cc2)c(C)c1. The van der Waals surface area contributed by atoms with E-state index in [9.17, 15) is 9.90 Å². The molecule has 0 amide bonds. The van der Waals surface area contributed by atoms with E-state index in [1.807, 2.05) is 37.3 Å². The molecule has 0 radical (unpaired) electrons. The van der Waals surface area contributed by atoms with Gasteiger partial charge in [-0.05, 0) is 48.7 Å². The first-order valence-electron chi connectivity index (χ1n) is 5.49. The zero-order chi connectivity index (χ0) is 12.4. The molecule has 0 bridgehead atoms. The number of phenols is 1. The second-order valence-corrected chi connectivity index (χ2v) is 4.13. The molecule has 0 unspecified atom stereocenters. The third-order valence-corrected chi connectivity index (χ3v) is 2.81. The summed E-state index contributed by atoms with van der Waals surface area (Å²) in [5.41, 5.74) is 3.90. The Labute approximate surface area is 101 Å². The van der Waals surface area contributed by atoms with Gasteiger partial charge in [0, 0.05) is 5.56 Å². The molecule has 2 aromatic carbocycles. The molecule has 0 aliphatic carbocycles. The first-order chi connectivity index (χ1) is 8.08. The first kappa shape index (κ1) is 11.4. The van der Waals surface area contributed by atoms with Crippen LogP contribution in [0.4, 0.5) is 0 Å². The van der Waals surface area contributed by atoms with Crippen molar-refractivity contribution < 1.29 is 9.90 Å². The van der Waals surface area contributed by atoms with Crippen molar-refractivity contribution >= 4 is 5.78 Å². The quantitative estimate of drug-likeness (QED) is 0.795. The zero-order valence-electron chi connectivity index (χ0n) is 9.90. The van der Waals surface area contributed by atoms with E-state index in [2.05, 4.69) is 0 Å². The van der Waals surface area contributed by atoms with Crippen LogP contribution in [0.1, 0.15) is 22.8 Å². The summed E-state index contributed by atoms with van der Waals surface area (Å²) in [5, 5.41) is 9.25. The van der Waals surface area contributed by atoms with Crippen LogP contribution < -0.4 is 0 Å². The number of hydrogen-bond donors (Lipinski definition) is 1. The maximum absolute atomic E-state index is 11.3. The molecule has 0 aliphatic heterocycles. The van der Waals surface area contributed by atoms with E-state index >= 15 is 0 Å². The number of phenolic OH excluding ortho intramolecular Hbond substituents is 1. The van der Waals surface area contributed by atoms with E-state index in [0.717, 1.165) is 22.3 Å². The van der Waals surface area contributed by atoms with Crippen molar-refractivity contribution in [3.05, 3.63) is 53.6 Å². The standard InChI is InChI=1S/C15H14O2/c1-10-9-13(11(2)16)5-8-15(10)12-3-6-14(17)7-4-12/h3-9,17H,1-2H3. The van der Waals surface area contributed by atoms with Crippen LogP contribution in [-0.4, -0.2) is 10.9 Å². The molecule has 0 spiro atoms. The van der Waals surface area contributed by atoms with Gasteiger partial charge in [-0.25, -0.2) is 0 Å². The normalized spacial score (nSPS) is 10.2. The molecule has 86 valence electrons. The van der Waals surface area contributed by atoms with Gasteiger partial charge in [0.15, 0.2) is 5.78 Å². The summed E-state index contributed by atoms with van der Waals surface area (Å²) in [5.74, 6) is 0.331. The number of carbonyl (C=O) groups is 1. The van der Waals surface area contributed by atoms with Crippen LogP contribution >= 0.6 is 0 Å². The van der Waals surface area contributed by atoms with Gasteiger partial charge in [0.2, 0.25) is 0 Å². The molecular weight excluding hydrogens is 212 g/mol. The van der Waals surface area contributed by atoms with E-state index in [-0.39, 0.29) is 11.5 Å². The number of benzene rings is 2. The molecule has 1 N–H and O–H groups in total. The number of ketones is 1. The Morgan fingerprint density at radius 1 is 1.06 bits per heavy atom. The highest BCUT2D eigenvalue weighted by molar-refractivity contribution is 5.95. The highest BCUT2D eigenvalue weighted by Gasteiger charge is 2.05. The van der Waals surface area contributed by atoms with Gasteiger partial charge in [0.25, 0.3) is 0 Å². The molecule has 0 saturated heterocycles. The van der Waals surface area contributed by atoms with Gasteiger partial charge in [-0.2, -0.15) is 0 Å². The number of carbonyl (C=O) groups excluding carboxylic acids is 1. The Morgan fingerprint density at radius 2 is 1.71 bits per heavy atom. The second-order valence-electron chi connectivity index (χ2n) is 4.13. The van der Waals surface area contributed by atoms with Crippen LogP contribution in [0.15, 0.2) is 42.5 Å². The third-order valence-electron chi connectivity index (χ3n) is 2.81. The lowest BCUT2D eigenvalue weighted by Crippen LogP contribution is -1.93. The summed E-state index contributed by atoms with van der Waals surface area (Å²) < 4.78 is 0. The summed E-state index contributed by atoms with van der Waals surface area (Å²) >= 11 is 0. The Kier molecular flexibility index (Phi) is 2.96. The van der Waals surface area contributed by atoms with Crippen molar-refractivity contribution in [1.82, 2.24) is 0 Å². The molecule has 0 atom stereocenters. The topological polar surface area (TPSA) is 37.3 Å². The maximum Gasteiger partial charge on any atom is 0.159 e. The van der Waals surface area contributed by atoms with Crippen LogP contribution in [0, 0.1) is 6.92 Å². The second kappa shape index (κ2) is 4.42. The number of aromatic hydroxyl groups is 1. The van der Waals surface area contributed by atoms with Gasteiger partial charge in [-0.3, -0.25) is 4.79 Å². The van der Waals surface area contributed by atoms with Crippen molar-refractivity contribution in [2.75, 3.05) is 0 Å². The van der Waals surface area contributed by atoms with Gasteiger partial charge < -0.3 is 5.11 Å². The number of hydrogen-bond acceptors (Lipinski definition) is 2. The van der Waals surface area contributed by atoms with Crippen LogP contribution in [-0.2, 0) is 0 Å². The Bertz CT molecular complexity index is 554. The molecular formula is C15H14O2. The van der Waals surface area contributed by atoms with Gasteiger partial charge >= 0.3 is 0 Å². The molecule has 0 aromatic heterocycles. The van der Waals surface area contributed by atoms with Gasteiger partial charge in [-0.1, -0.05) is 24.3 Å². The van der Waals surface area contributed by atoms with Gasteiger partial charge in [-0.15, -0.1) is 0 Å². The summed E-state index contributed by atoms with van der Waals surface area (Å²) in [7, 11) is 0. The number of Topliss-reactive ketones (excluding diaryl/α,β-unsaturated/α-hetero) is 1. The Balaban J connectivity index is 2.46. The summed E-state index contributed by atoms with van der Waals surface area (Å²) in [6, 6.07) is 12.7. The molecule has 2 nitrogen and oxygen atoms in total. The predicted octanol–water partition coefficient (Wildman–Crippen LogP) is 3.57. The fourth-order valence-corrected chi connectivity index (χ4v) is 1.85. The van der Waals surface area contributed by atoms with Crippen molar-refractivity contribution in [2.24, 2.45) is 0 Å². The van der Waals surface area contributed by atoms with E-state index < -0.39 is 0 Å². The smallest absolute Gasteiger partial charge is 0.159 e. The van der Waals surface area contributed by atoms with Crippen molar-refractivity contribution in [3.63, 3.8) is 0 Å². The highest BCUT2D eigenvalue weighted by atomic mass is 16.3. The monoisotopic (exact) mass is 226 g/mol. The Morgan fingerprint density at radius 3 is 2.24 bits per heavy atom. The summed E-state index contributed by atoms with van der Waals surface area (Å²) in [6.07, 6.45) is 0. The third kappa shape index (κ3) is 2.36. The Hall–Kier alpha value is -2.09. The van der Waals surface area contributed by atoms with Gasteiger partial charge in [0.1, 0.15) is 5.75 Å². The molecule has 2 rings (SSSR count). The number of rotatable bonds is 2. The molecule has 2 aromatic rings. The first-order valence-corrected chi connectivity index (χ1v) is 5.49. The lowest BCUT2D eigenvalue weighted by molar-refractivity contribution is 0.101. The minimum Gasteiger partial charge on any atom is -0.508 e. The van der Waals surface area contributed by atoms with Crippen LogP contribution in [0.2, 0.25) is 0 Å². The van der Waals surface area contributed by atoms with Crippen molar-refractivity contribution in [3.8, 4) is 16.9 Å². The average Bonchev–Trinajstić information content (AvgIpc) is 2.30. The molecule has 0 heterocycles. The molecule has 0 fully saturated rings. The molecule has 17 heavy (non-hydrogen) atoms.